The van der Waals surface area contributed by atoms with Crippen molar-refractivity contribution in [3.8, 4) is 11.9 Å². The van der Waals surface area contributed by atoms with E-state index >= 15 is 0 Å². The van der Waals surface area contributed by atoms with Crippen molar-refractivity contribution in [1.82, 2.24) is 25.1 Å². The summed E-state index contributed by atoms with van der Waals surface area (Å²) in [4.78, 5) is 34.7. The molecule has 0 bridgehead atoms. The average molecular weight is 316 g/mol. The minimum atomic E-state index is -0.362. The molecule has 120 valence electrons. The molecule has 0 saturated carbocycles. The number of aromatic nitrogens is 2. The Morgan fingerprint density at radius 1 is 1.39 bits per heavy atom. The van der Waals surface area contributed by atoms with Crippen LogP contribution in [0.4, 0.5) is 9.59 Å². The molecule has 3 rings (SSSR count). The van der Waals surface area contributed by atoms with Gasteiger partial charge in [0.15, 0.2) is 0 Å². The van der Waals surface area contributed by atoms with Crippen molar-refractivity contribution in [2.45, 2.75) is 18.9 Å². The van der Waals surface area contributed by atoms with Crippen LogP contribution in [-0.4, -0.2) is 64.1 Å². The van der Waals surface area contributed by atoms with Crippen molar-refractivity contribution in [2.75, 3.05) is 26.2 Å². The number of nitrogens with one attached hydrogen (secondary N) is 1. The quantitative estimate of drug-likeness (QED) is 0.842. The molecule has 2 fully saturated rings. The van der Waals surface area contributed by atoms with Gasteiger partial charge in [-0.25, -0.2) is 24.5 Å². The predicted octanol–water partition coefficient (Wildman–Crippen LogP) is 0.337. The number of nitrogens with zero attached hydrogens (tertiary/aromatic N) is 5. The van der Waals surface area contributed by atoms with Crippen LogP contribution in [0, 0.1) is 11.3 Å². The van der Waals surface area contributed by atoms with E-state index in [1.807, 2.05) is 6.07 Å². The summed E-state index contributed by atoms with van der Waals surface area (Å²) in [5.41, 5.74) is 0.120. The number of likely N-dealkylation sites (tertiary alicyclic amines) is 1. The molecule has 2 aliphatic rings. The summed E-state index contributed by atoms with van der Waals surface area (Å²) in [6, 6.07) is 1.26. The largest absolute Gasteiger partial charge is 0.470 e. The third-order valence-corrected chi connectivity index (χ3v) is 3.79. The van der Waals surface area contributed by atoms with Crippen molar-refractivity contribution < 1.29 is 14.3 Å². The Balaban J connectivity index is 1.65. The number of hydrogen-bond donors (Lipinski definition) is 1. The summed E-state index contributed by atoms with van der Waals surface area (Å²) in [6.45, 7) is 1.78. The molecule has 2 aliphatic heterocycles. The van der Waals surface area contributed by atoms with Crippen molar-refractivity contribution in [3.63, 3.8) is 0 Å². The van der Waals surface area contributed by atoms with E-state index in [-0.39, 0.29) is 29.7 Å². The fraction of sp³-hybridized carbons (Fsp3) is 0.500. The topological polar surface area (TPSA) is 111 Å². The van der Waals surface area contributed by atoms with Gasteiger partial charge in [-0.15, -0.1) is 0 Å². The molecule has 23 heavy (non-hydrogen) atoms. The Kier molecular flexibility index (Phi) is 4.23. The molecular weight excluding hydrogens is 300 g/mol. The first-order valence-electron chi connectivity index (χ1n) is 7.41. The Morgan fingerprint density at radius 2 is 2.22 bits per heavy atom. The van der Waals surface area contributed by atoms with Gasteiger partial charge < -0.3 is 15.0 Å². The number of nitriles is 1. The van der Waals surface area contributed by atoms with Crippen LogP contribution < -0.4 is 10.1 Å². The number of carbonyl (C=O) groups is 2. The molecule has 0 aliphatic carbocycles. The highest BCUT2D eigenvalue weighted by atomic mass is 16.5. The van der Waals surface area contributed by atoms with E-state index in [9.17, 15) is 9.59 Å². The monoisotopic (exact) mass is 316 g/mol. The number of hydrogen-bond acceptors (Lipinski definition) is 6. The lowest BCUT2D eigenvalue weighted by Gasteiger charge is -2.34. The maximum Gasteiger partial charge on any atom is 0.328 e. The third-order valence-electron chi connectivity index (χ3n) is 3.79. The van der Waals surface area contributed by atoms with Crippen LogP contribution >= 0.6 is 0 Å². The van der Waals surface area contributed by atoms with Gasteiger partial charge in [0.1, 0.15) is 12.2 Å². The normalized spacial score (nSPS) is 20.8. The number of imide groups is 1. The second-order valence-corrected chi connectivity index (χ2v) is 5.32. The van der Waals surface area contributed by atoms with E-state index in [0.717, 1.165) is 12.8 Å². The molecule has 1 atom stereocenters. The number of ether oxygens (including phenoxy) is 1. The zero-order valence-corrected chi connectivity index (χ0v) is 12.4. The van der Waals surface area contributed by atoms with Gasteiger partial charge in [0.2, 0.25) is 5.69 Å². The van der Waals surface area contributed by atoms with Crippen LogP contribution in [0.1, 0.15) is 18.5 Å². The average Bonchev–Trinajstić information content (AvgIpc) is 3.01. The third kappa shape index (κ3) is 3.15. The van der Waals surface area contributed by atoms with E-state index in [2.05, 4.69) is 15.3 Å². The zero-order chi connectivity index (χ0) is 16.2. The van der Waals surface area contributed by atoms with Gasteiger partial charge in [0.25, 0.3) is 5.88 Å². The highest BCUT2D eigenvalue weighted by Crippen LogP contribution is 2.19. The number of urea groups is 2. The van der Waals surface area contributed by atoms with Crippen molar-refractivity contribution in [2.24, 2.45) is 0 Å². The molecule has 0 spiro atoms. The van der Waals surface area contributed by atoms with Gasteiger partial charge in [0, 0.05) is 32.0 Å². The summed E-state index contributed by atoms with van der Waals surface area (Å²) in [7, 11) is 0. The van der Waals surface area contributed by atoms with Crippen molar-refractivity contribution in [3.05, 3.63) is 18.1 Å². The maximum absolute atomic E-state index is 12.4. The van der Waals surface area contributed by atoms with Crippen molar-refractivity contribution in [1.29, 1.82) is 5.26 Å². The highest BCUT2D eigenvalue weighted by Gasteiger charge is 2.33. The van der Waals surface area contributed by atoms with Gasteiger partial charge in [-0.05, 0) is 12.8 Å². The van der Waals surface area contributed by atoms with Crippen LogP contribution in [0.5, 0.6) is 5.88 Å². The first-order valence-corrected chi connectivity index (χ1v) is 7.41. The fourth-order valence-electron chi connectivity index (χ4n) is 2.68. The fourth-order valence-corrected chi connectivity index (χ4v) is 2.68. The van der Waals surface area contributed by atoms with Crippen LogP contribution in [0.25, 0.3) is 0 Å². The Morgan fingerprint density at radius 3 is 2.96 bits per heavy atom. The number of piperidine rings is 1. The van der Waals surface area contributed by atoms with E-state index < -0.39 is 0 Å². The molecule has 3 heterocycles. The van der Waals surface area contributed by atoms with Gasteiger partial charge >= 0.3 is 12.1 Å². The molecule has 2 saturated heterocycles. The van der Waals surface area contributed by atoms with Crippen LogP contribution in [0.15, 0.2) is 12.4 Å². The molecule has 4 amide bonds. The van der Waals surface area contributed by atoms with Crippen molar-refractivity contribution >= 4 is 12.1 Å². The SMILES string of the molecule is N#Cc1nccnc1O[C@@H]1CCCN(C(=O)N2CCNC2=O)C1. The lowest BCUT2D eigenvalue weighted by atomic mass is 10.1. The van der Waals surface area contributed by atoms with Crippen LogP contribution in [0.2, 0.25) is 0 Å². The minimum absolute atomic E-state index is 0.120. The zero-order valence-electron chi connectivity index (χ0n) is 12.4. The van der Waals surface area contributed by atoms with E-state index in [1.165, 1.54) is 17.3 Å². The summed E-state index contributed by atoms with van der Waals surface area (Å²) >= 11 is 0. The molecule has 1 aromatic rings. The Hall–Kier alpha value is -2.89. The van der Waals surface area contributed by atoms with Gasteiger partial charge in [0.05, 0.1) is 6.54 Å². The Labute approximate surface area is 132 Å². The van der Waals surface area contributed by atoms with Gasteiger partial charge in [-0.3, -0.25) is 0 Å². The summed E-state index contributed by atoms with van der Waals surface area (Å²) in [5.74, 6) is 0.174. The lowest BCUT2D eigenvalue weighted by molar-refractivity contribution is 0.0877. The number of amides is 4. The van der Waals surface area contributed by atoms with Crippen LogP contribution in [0.3, 0.4) is 0 Å². The molecule has 1 N–H and O–H groups in total. The van der Waals surface area contributed by atoms with E-state index in [0.29, 0.717) is 26.2 Å². The second kappa shape index (κ2) is 6.48. The smallest absolute Gasteiger partial charge is 0.328 e. The summed E-state index contributed by atoms with van der Waals surface area (Å²) < 4.78 is 5.74. The predicted molar refractivity (Wildman–Crippen MR) is 77.5 cm³/mol. The first kappa shape index (κ1) is 15.0. The van der Waals surface area contributed by atoms with E-state index in [1.54, 1.807) is 4.90 Å². The Bertz CT molecular complexity index is 658. The van der Waals surface area contributed by atoms with E-state index in [4.69, 9.17) is 10.00 Å². The number of carbonyl (C=O) groups excluding carboxylic acids is 2. The lowest BCUT2D eigenvalue weighted by Crippen LogP contribution is -2.50. The molecule has 0 radical (unpaired) electrons. The highest BCUT2D eigenvalue weighted by molar-refractivity contribution is 5.95. The molecular formula is C14H16N6O3. The first-order chi connectivity index (χ1) is 11.2. The summed E-state index contributed by atoms with van der Waals surface area (Å²) in [6.07, 6.45) is 4.11. The molecule has 9 heteroatoms. The minimum Gasteiger partial charge on any atom is -0.470 e. The molecule has 0 unspecified atom stereocenters. The molecule has 0 aromatic carbocycles. The number of rotatable bonds is 2. The second-order valence-electron chi connectivity index (χ2n) is 5.32. The molecule has 9 nitrogen and oxygen atoms in total. The maximum atomic E-state index is 12.4. The van der Waals surface area contributed by atoms with Gasteiger partial charge in [-0.2, -0.15) is 5.26 Å². The molecule has 1 aromatic heterocycles. The standard InChI is InChI=1S/C14H16N6O3/c15-8-11-12(17-4-3-16-11)23-10-2-1-6-19(9-10)14(22)20-7-5-18-13(20)21/h3-4,10H,1-2,5-7,9H2,(H,18,21)/t10-/m1/s1. The van der Waals surface area contributed by atoms with Crippen LogP contribution in [-0.2, 0) is 0 Å². The van der Waals surface area contributed by atoms with Gasteiger partial charge in [-0.1, -0.05) is 0 Å². The summed E-state index contributed by atoms with van der Waals surface area (Å²) in [5, 5.41) is 11.6.